The van der Waals surface area contributed by atoms with E-state index in [9.17, 15) is 19.5 Å². The van der Waals surface area contributed by atoms with Crippen molar-refractivity contribution < 1.29 is 24.2 Å². The Balaban J connectivity index is 1.44. The fraction of sp³-hybridized carbons (Fsp3) is 0.310. The number of hydrogen-bond donors (Lipinski definition) is 3. The van der Waals surface area contributed by atoms with Crippen LogP contribution >= 0.6 is 15.9 Å². The van der Waals surface area contributed by atoms with Crippen molar-refractivity contribution in [1.29, 1.82) is 0 Å². The molecule has 3 aromatic rings. The lowest BCUT2D eigenvalue weighted by molar-refractivity contribution is -0.141. The monoisotopic (exact) mass is 579 g/mol. The molecule has 0 bridgehead atoms. The summed E-state index contributed by atoms with van der Waals surface area (Å²) in [5.74, 6) is -2.09. The second-order valence-electron chi connectivity index (χ2n) is 9.58. The van der Waals surface area contributed by atoms with Crippen LogP contribution in [-0.2, 0) is 20.7 Å². The lowest BCUT2D eigenvalue weighted by atomic mass is 9.98. The second-order valence-corrected chi connectivity index (χ2v) is 10.5. The van der Waals surface area contributed by atoms with E-state index in [1.54, 1.807) is 26.1 Å². The van der Waals surface area contributed by atoms with Gasteiger partial charge in [0.25, 0.3) is 0 Å². The number of carbonyl (C=O) groups is 3. The van der Waals surface area contributed by atoms with Crippen LogP contribution in [0.3, 0.4) is 0 Å². The molecule has 1 aromatic heterocycles. The summed E-state index contributed by atoms with van der Waals surface area (Å²) in [6.45, 7) is 3.44. The molecule has 8 nitrogen and oxygen atoms in total. The first kappa shape index (κ1) is 27.3. The van der Waals surface area contributed by atoms with Crippen LogP contribution in [0, 0.1) is 5.92 Å². The Hall–Kier alpha value is -3.72. The van der Waals surface area contributed by atoms with Gasteiger partial charge in [-0.1, -0.05) is 55.5 Å². The Morgan fingerprint density at radius 1 is 0.974 bits per heavy atom. The molecule has 0 fully saturated rings. The fourth-order valence-corrected chi connectivity index (χ4v) is 5.00. The molecule has 0 saturated carbocycles. The Morgan fingerprint density at radius 2 is 1.61 bits per heavy atom. The lowest BCUT2D eigenvalue weighted by Gasteiger charge is -2.22. The van der Waals surface area contributed by atoms with Crippen LogP contribution in [0.25, 0.3) is 11.1 Å². The first-order valence-corrected chi connectivity index (χ1v) is 13.3. The summed E-state index contributed by atoms with van der Waals surface area (Å²) < 4.78 is 6.44. The maximum atomic E-state index is 13.1. The number of fused-ring (bicyclic) bond motifs is 3. The van der Waals surface area contributed by atoms with Gasteiger partial charge in [-0.15, -0.1) is 0 Å². The van der Waals surface area contributed by atoms with Crippen molar-refractivity contribution in [3.63, 3.8) is 0 Å². The number of carbonyl (C=O) groups excluding carboxylic acids is 2. The standard InChI is InChI=1S/C29H30BrN3O5/c1-17(28(35)36)13-18(2)32-27(34)26(14-20-12-11-19(30)15-31-20)33-29(37)38-16-25-23-9-5-3-7-21(23)22-8-4-6-10-24(22)25/h3-12,15,17-18,25-26H,13-14,16H2,1-2H3,(H,32,34)(H,33,37)(H,35,36)/t17-,18+,26-/m0/s1. The number of nitrogens with one attached hydrogen (secondary N) is 2. The number of aliphatic carboxylic acids is 1. The Kier molecular flexibility index (Phi) is 8.78. The number of halogens is 1. The summed E-state index contributed by atoms with van der Waals surface area (Å²) >= 11 is 3.34. The number of alkyl carbamates (subject to hydrolysis) is 1. The van der Waals surface area contributed by atoms with E-state index in [0.29, 0.717) is 5.69 Å². The average molecular weight is 580 g/mol. The first-order chi connectivity index (χ1) is 18.2. The molecular formula is C29H30BrN3O5. The van der Waals surface area contributed by atoms with Gasteiger partial charge in [-0.2, -0.15) is 0 Å². The quantitative estimate of drug-likeness (QED) is 0.314. The first-order valence-electron chi connectivity index (χ1n) is 12.5. The van der Waals surface area contributed by atoms with Gasteiger partial charge in [-0.25, -0.2) is 4.79 Å². The van der Waals surface area contributed by atoms with Gasteiger partial charge in [-0.3, -0.25) is 14.6 Å². The van der Waals surface area contributed by atoms with Crippen LogP contribution in [0.4, 0.5) is 4.79 Å². The van der Waals surface area contributed by atoms with Crippen LogP contribution in [0.1, 0.15) is 43.0 Å². The molecule has 1 heterocycles. The van der Waals surface area contributed by atoms with Crippen molar-refractivity contribution in [1.82, 2.24) is 15.6 Å². The van der Waals surface area contributed by atoms with Gasteiger partial charge in [0.15, 0.2) is 0 Å². The van der Waals surface area contributed by atoms with E-state index < -0.39 is 36.0 Å². The molecule has 9 heteroatoms. The molecule has 0 unspecified atom stereocenters. The van der Waals surface area contributed by atoms with Crippen molar-refractivity contribution in [2.75, 3.05) is 6.61 Å². The molecule has 0 radical (unpaired) electrons. The summed E-state index contributed by atoms with van der Waals surface area (Å²) in [5, 5.41) is 14.7. The lowest BCUT2D eigenvalue weighted by Crippen LogP contribution is -2.50. The summed E-state index contributed by atoms with van der Waals surface area (Å²) in [6.07, 6.45) is 1.31. The van der Waals surface area contributed by atoms with Crippen LogP contribution in [0.2, 0.25) is 0 Å². The van der Waals surface area contributed by atoms with Gasteiger partial charge in [0.2, 0.25) is 5.91 Å². The number of amides is 2. The number of pyridine rings is 1. The van der Waals surface area contributed by atoms with E-state index in [1.165, 1.54) is 0 Å². The van der Waals surface area contributed by atoms with E-state index in [2.05, 4.69) is 43.7 Å². The van der Waals surface area contributed by atoms with Gasteiger partial charge >= 0.3 is 12.1 Å². The smallest absolute Gasteiger partial charge is 0.407 e. The van der Waals surface area contributed by atoms with Gasteiger partial charge in [0.05, 0.1) is 5.92 Å². The van der Waals surface area contributed by atoms with Crippen molar-refractivity contribution in [2.45, 2.75) is 44.7 Å². The van der Waals surface area contributed by atoms with Crippen LogP contribution in [0.5, 0.6) is 0 Å². The molecule has 0 saturated heterocycles. The number of rotatable bonds is 10. The number of carboxylic acid groups (broad SMARTS) is 1. The number of ether oxygens (including phenoxy) is 1. The normalized spacial score (nSPS) is 14.5. The highest BCUT2D eigenvalue weighted by Crippen LogP contribution is 2.44. The third kappa shape index (κ3) is 6.58. The minimum atomic E-state index is -0.957. The third-order valence-corrected chi connectivity index (χ3v) is 7.14. The van der Waals surface area contributed by atoms with Gasteiger partial charge < -0.3 is 20.5 Å². The highest BCUT2D eigenvalue weighted by molar-refractivity contribution is 9.10. The third-order valence-electron chi connectivity index (χ3n) is 6.67. The number of hydrogen-bond acceptors (Lipinski definition) is 5. The minimum Gasteiger partial charge on any atom is -0.481 e. The zero-order valence-electron chi connectivity index (χ0n) is 21.2. The zero-order valence-corrected chi connectivity index (χ0v) is 22.8. The maximum Gasteiger partial charge on any atom is 0.407 e. The number of aromatic nitrogens is 1. The number of nitrogens with zero attached hydrogens (tertiary/aromatic N) is 1. The van der Waals surface area contributed by atoms with Gasteiger partial charge in [0, 0.05) is 34.7 Å². The molecule has 1 aliphatic rings. The second kappa shape index (κ2) is 12.2. The number of carboxylic acids is 1. The average Bonchev–Trinajstić information content (AvgIpc) is 3.21. The summed E-state index contributed by atoms with van der Waals surface area (Å²) in [6, 6.07) is 18.3. The van der Waals surface area contributed by atoms with Crippen molar-refractivity contribution >= 4 is 33.9 Å². The summed E-state index contributed by atoms with van der Waals surface area (Å²) in [4.78, 5) is 41.6. The molecule has 0 aliphatic heterocycles. The molecule has 38 heavy (non-hydrogen) atoms. The highest BCUT2D eigenvalue weighted by Gasteiger charge is 2.30. The Morgan fingerprint density at radius 3 is 2.18 bits per heavy atom. The molecule has 3 N–H and O–H groups in total. The molecule has 0 spiro atoms. The maximum absolute atomic E-state index is 13.1. The van der Waals surface area contributed by atoms with Gasteiger partial charge in [-0.05, 0) is 63.7 Å². The highest BCUT2D eigenvalue weighted by atomic mass is 79.9. The minimum absolute atomic E-state index is 0.105. The summed E-state index contributed by atoms with van der Waals surface area (Å²) in [7, 11) is 0. The molecular weight excluding hydrogens is 550 g/mol. The predicted molar refractivity (Wildman–Crippen MR) is 147 cm³/mol. The summed E-state index contributed by atoms with van der Waals surface area (Å²) in [5.41, 5.74) is 5.05. The Labute approximate surface area is 229 Å². The van der Waals surface area contributed by atoms with Crippen LogP contribution in [-0.4, -0.2) is 46.8 Å². The van der Waals surface area contributed by atoms with E-state index in [-0.39, 0.29) is 25.4 Å². The zero-order chi connectivity index (χ0) is 27.2. The largest absolute Gasteiger partial charge is 0.481 e. The molecule has 2 aromatic carbocycles. The molecule has 2 amide bonds. The van der Waals surface area contributed by atoms with Crippen LogP contribution < -0.4 is 10.6 Å². The predicted octanol–water partition coefficient (Wildman–Crippen LogP) is 4.91. The van der Waals surface area contributed by atoms with E-state index in [1.807, 2.05) is 42.5 Å². The van der Waals surface area contributed by atoms with Crippen LogP contribution in [0.15, 0.2) is 71.3 Å². The van der Waals surface area contributed by atoms with Crippen molar-refractivity contribution in [2.24, 2.45) is 5.92 Å². The van der Waals surface area contributed by atoms with E-state index >= 15 is 0 Å². The van der Waals surface area contributed by atoms with Crippen molar-refractivity contribution in [3.8, 4) is 11.1 Å². The molecule has 198 valence electrons. The van der Waals surface area contributed by atoms with E-state index in [4.69, 9.17) is 4.74 Å². The van der Waals surface area contributed by atoms with E-state index in [0.717, 1.165) is 26.7 Å². The molecule has 1 aliphatic carbocycles. The van der Waals surface area contributed by atoms with Gasteiger partial charge in [0.1, 0.15) is 12.6 Å². The molecule has 4 rings (SSSR count). The molecule has 3 atom stereocenters. The SMILES string of the molecule is C[C@H](C[C@H](C)C(=O)O)NC(=O)[C@H](Cc1ccc(Br)cn1)NC(=O)OCC1c2ccccc2-c2ccccc21. The fourth-order valence-electron chi connectivity index (χ4n) is 4.76. The number of benzene rings is 2. The van der Waals surface area contributed by atoms with Crippen molar-refractivity contribution in [3.05, 3.63) is 88.2 Å². The topological polar surface area (TPSA) is 118 Å². The Bertz CT molecular complexity index is 1270.